The summed E-state index contributed by atoms with van der Waals surface area (Å²) < 4.78 is 2.24. The molecule has 7 nitrogen and oxygen atoms in total. The Bertz CT molecular complexity index is 962. The van der Waals surface area contributed by atoms with Crippen molar-refractivity contribution in [3.63, 3.8) is 0 Å². The Morgan fingerprint density at radius 3 is 2.73 bits per heavy atom. The van der Waals surface area contributed by atoms with Crippen molar-refractivity contribution in [3.8, 4) is 6.07 Å². The van der Waals surface area contributed by atoms with E-state index in [9.17, 15) is 20.2 Å². The molecule has 1 saturated carbocycles. The zero-order chi connectivity index (χ0) is 18.8. The number of nitro groups is 1. The van der Waals surface area contributed by atoms with Crippen molar-refractivity contribution in [2.75, 3.05) is 5.32 Å². The van der Waals surface area contributed by atoms with E-state index in [1.165, 1.54) is 18.2 Å². The maximum Gasteiger partial charge on any atom is 0.271 e. The van der Waals surface area contributed by atoms with Crippen LogP contribution in [0.2, 0.25) is 0 Å². The van der Waals surface area contributed by atoms with E-state index in [-0.39, 0.29) is 16.9 Å². The van der Waals surface area contributed by atoms with Crippen molar-refractivity contribution in [1.29, 1.82) is 5.26 Å². The number of nitrogens with one attached hydrogen (secondary N) is 1. The molecule has 1 amide bonds. The topological polar surface area (TPSA) is 101 Å². The van der Waals surface area contributed by atoms with E-state index in [4.69, 9.17) is 0 Å². The highest BCUT2D eigenvalue weighted by Gasteiger charge is 2.26. The summed E-state index contributed by atoms with van der Waals surface area (Å²) in [6, 6.07) is 10.0. The average Bonchev–Trinajstić information content (AvgIpc) is 3.39. The predicted molar refractivity (Wildman–Crippen MR) is 97.5 cm³/mol. The minimum atomic E-state index is -0.593. The van der Waals surface area contributed by atoms with Crippen LogP contribution < -0.4 is 5.32 Å². The van der Waals surface area contributed by atoms with E-state index >= 15 is 0 Å². The van der Waals surface area contributed by atoms with Crippen LogP contribution in [-0.4, -0.2) is 15.4 Å². The van der Waals surface area contributed by atoms with E-state index in [0.29, 0.717) is 6.04 Å². The van der Waals surface area contributed by atoms with Crippen LogP contribution in [0.5, 0.6) is 0 Å². The maximum atomic E-state index is 12.4. The van der Waals surface area contributed by atoms with Crippen molar-refractivity contribution < 1.29 is 9.72 Å². The molecule has 1 aromatic heterocycles. The summed E-state index contributed by atoms with van der Waals surface area (Å²) in [6.45, 7) is 3.99. The molecule has 7 heteroatoms. The van der Waals surface area contributed by atoms with Gasteiger partial charge in [-0.05, 0) is 50.5 Å². The Labute approximate surface area is 150 Å². The molecule has 0 unspecified atom stereocenters. The molecule has 132 valence electrons. The predicted octanol–water partition coefficient (Wildman–Crippen LogP) is 3.89. The molecule has 3 rings (SSSR count). The van der Waals surface area contributed by atoms with Gasteiger partial charge in [0.1, 0.15) is 11.6 Å². The number of nitrogens with zero attached hydrogens (tertiary/aromatic N) is 3. The van der Waals surface area contributed by atoms with Gasteiger partial charge in [-0.2, -0.15) is 5.26 Å². The molecule has 2 aromatic rings. The monoisotopic (exact) mass is 350 g/mol. The van der Waals surface area contributed by atoms with E-state index in [2.05, 4.69) is 9.88 Å². The highest BCUT2D eigenvalue weighted by Crippen LogP contribution is 2.38. The molecule has 0 aliphatic heterocycles. The fourth-order valence-corrected chi connectivity index (χ4v) is 3.04. The molecular formula is C19H18N4O3. The third-order valence-corrected chi connectivity index (χ3v) is 4.42. The fraction of sp³-hybridized carbons (Fsp3) is 0.263. The van der Waals surface area contributed by atoms with Crippen LogP contribution in [0.1, 0.15) is 35.8 Å². The summed E-state index contributed by atoms with van der Waals surface area (Å²) in [5, 5.41) is 22.7. The molecule has 1 aromatic carbocycles. The number of nitriles is 1. The van der Waals surface area contributed by atoms with Gasteiger partial charge in [0.15, 0.2) is 0 Å². The molecule has 1 N–H and O–H groups in total. The number of carbonyl (C=O) groups is 1. The molecular weight excluding hydrogens is 332 g/mol. The highest BCUT2D eigenvalue weighted by molar-refractivity contribution is 6.09. The molecule has 0 bridgehead atoms. The van der Waals surface area contributed by atoms with Gasteiger partial charge in [0.2, 0.25) is 0 Å². The first-order chi connectivity index (χ1) is 12.4. The van der Waals surface area contributed by atoms with Crippen LogP contribution in [0.4, 0.5) is 11.4 Å². The second kappa shape index (κ2) is 6.84. The zero-order valence-electron chi connectivity index (χ0n) is 14.5. The van der Waals surface area contributed by atoms with Gasteiger partial charge in [-0.25, -0.2) is 0 Å². The van der Waals surface area contributed by atoms with Crippen molar-refractivity contribution in [2.24, 2.45) is 0 Å². The number of rotatable bonds is 5. The highest BCUT2D eigenvalue weighted by atomic mass is 16.6. The van der Waals surface area contributed by atoms with Crippen LogP contribution in [-0.2, 0) is 4.79 Å². The third-order valence-electron chi connectivity index (χ3n) is 4.42. The maximum absolute atomic E-state index is 12.4. The van der Waals surface area contributed by atoms with Crippen LogP contribution in [0.3, 0.4) is 0 Å². The van der Waals surface area contributed by atoms with Gasteiger partial charge in [-0.1, -0.05) is 6.07 Å². The molecule has 0 saturated heterocycles. The number of amides is 1. The quantitative estimate of drug-likeness (QED) is 0.382. The third kappa shape index (κ3) is 3.49. The molecule has 1 heterocycles. The smallest absolute Gasteiger partial charge is 0.271 e. The van der Waals surface area contributed by atoms with Crippen LogP contribution in [0.15, 0.2) is 35.9 Å². The molecule has 0 radical (unpaired) electrons. The van der Waals surface area contributed by atoms with Crippen molar-refractivity contribution >= 4 is 23.4 Å². The molecule has 1 aliphatic rings. The van der Waals surface area contributed by atoms with Crippen molar-refractivity contribution in [2.45, 2.75) is 32.7 Å². The van der Waals surface area contributed by atoms with Gasteiger partial charge >= 0.3 is 0 Å². The minimum absolute atomic E-state index is 0.0486. The van der Waals surface area contributed by atoms with Crippen molar-refractivity contribution in [1.82, 2.24) is 4.57 Å². The number of aryl methyl sites for hydroxylation is 1. The van der Waals surface area contributed by atoms with Gasteiger partial charge in [-0.3, -0.25) is 14.9 Å². The van der Waals surface area contributed by atoms with Crippen LogP contribution >= 0.6 is 0 Å². The minimum Gasteiger partial charge on any atom is -0.346 e. The summed E-state index contributed by atoms with van der Waals surface area (Å²) in [5.74, 6) is -0.593. The van der Waals surface area contributed by atoms with Crippen LogP contribution in [0, 0.1) is 35.3 Å². The number of carbonyl (C=O) groups excluding carboxylic acids is 1. The van der Waals surface area contributed by atoms with E-state index in [1.807, 2.05) is 26.0 Å². The summed E-state index contributed by atoms with van der Waals surface area (Å²) in [6.07, 6.45) is 3.86. The Morgan fingerprint density at radius 2 is 2.12 bits per heavy atom. The van der Waals surface area contributed by atoms with Gasteiger partial charge in [-0.15, -0.1) is 0 Å². The molecule has 0 spiro atoms. The van der Waals surface area contributed by atoms with E-state index in [1.54, 1.807) is 12.1 Å². The number of benzene rings is 1. The average molecular weight is 350 g/mol. The number of hydrogen-bond donors (Lipinski definition) is 1. The first-order valence-corrected chi connectivity index (χ1v) is 8.26. The number of nitro benzene ring substituents is 1. The second-order valence-electron chi connectivity index (χ2n) is 6.36. The van der Waals surface area contributed by atoms with Gasteiger partial charge in [0.25, 0.3) is 11.6 Å². The summed E-state index contributed by atoms with van der Waals surface area (Å²) in [5.41, 5.74) is 3.06. The fourth-order valence-electron chi connectivity index (χ4n) is 3.04. The van der Waals surface area contributed by atoms with Crippen LogP contribution in [0.25, 0.3) is 6.08 Å². The summed E-state index contributed by atoms with van der Waals surface area (Å²) in [7, 11) is 0. The Morgan fingerprint density at radius 1 is 1.38 bits per heavy atom. The van der Waals surface area contributed by atoms with Crippen molar-refractivity contribution in [3.05, 3.63) is 63.0 Å². The number of non-ortho nitro benzene ring substituents is 1. The van der Waals surface area contributed by atoms with Gasteiger partial charge < -0.3 is 9.88 Å². The Balaban J connectivity index is 1.85. The molecule has 0 atom stereocenters. The number of hydrogen-bond acceptors (Lipinski definition) is 4. The Hall–Kier alpha value is -3.40. The second-order valence-corrected chi connectivity index (χ2v) is 6.36. The first kappa shape index (κ1) is 17.4. The van der Waals surface area contributed by atoms with Gasteiger partial charge in [0.05, 0.1) is 4.92 Å². The molecule has 26 heavy (non-hydrogen) atoms. The Kier molecular flexibility index (Phi) is 4.59. The lowest BCUT2D eigenvalue weighted by atomic mass is 10.1. The first-order valence-electron chi connectivity index (χ1n) is 8.26. The normalized spacial score (nSPS) is 14.0. The number of anilines is 1. The van der Waals surface area contributed by atoms with E-state index in [0.717, 1.165) is 29.8 Å². The lowest BCUT2D eigenvalue weighted by molar-refractivity contribution is -0.384. The van der Waals surface area contributed by atoms with E-state index < -0.39 is 10.8 Å². The SMILES string of the molecule is Cc1cc(/C=C(\C#N)C(=O)Nc2cccc([N+](=O)[O-])c2)c(C)n1C1CC1. The molecule has 1 aliphatic carbocycles. The molecule has 1 fully saturated rings. The lowest BCUT2D eigenvalue weighted by Gasteiger charge is -2.07. The van der Waals surface area contributed by atoms with Gasteiger partial charge in [0, 0.05) is 35.2 Å². The summed E-state index contributed by atoms with van der Waals surface area (Å²) >= 11 is 0. The summed E-state index contributed by atoms with van der Waals surface area (Å²) in [4.78, 5) is 22.7. The standard InChI is InChI=1S/C19H18N4O3/c1-12-8-14(13(2)22(12)17-6-7-17)9-15(11-20)19(24)21-16-4-3-5-18(10-16)23(25)26/h3-5,8-10,17H,6-7H2,1-2H3,(H,21,24)/b15-9+. The zero-order valence-corrected chi connectivity index (χ0v) is 14.5. The lowest BCUT2D eigenvalue weighted by Crippen LogP contribution is -2.13. The number of aromatic nitrogens is 1. The largest absolute Gasteiger partial charge is 0.346 e.